The highest BCUT2D eigenvalue weighted by molar-refractivity contribution is 6.06. The molecule has 1 saturated carbocycles. The van der Waals surface area contributed by atoms with Crippen molar-refractivity contribution in [3.05, 3.63) is 54.1 Å². The van der Waals surface area contributed by atoms with Crippen molar-refractivity contribution >= 4 is 23.2 Å². The van der Waals surface area contributed by atoms with Gasteiger partial charge in [-0.15, -0.1) is 0 Å². The molecule has 0 radical (unpaired) electrons. The van der Waals surface area contributed by atoms with Gasteiger partial charge >= 0.3 is 0 Å². The van der Waals surface area contributed by atoms with Gasteiger partial charge in [-0.25, -0.2) is 0 Å². The minimum atomic E-state index is -0.343. The van der Waals surface area contributed by atoms with E-state index in [1.165, 1.54) is 6.07 Å². The predicted molar refractivity (Wildman–Crippen MR) is 83.9 cm³/mol. The van der Waals surface area contributed by atoms with Crippen LogP contribution in [-0.2, 0) is 4.79 Å². The van der Waals surface area contributed by atoms with Crippen molar-refractivity contribution in [2.45, 2.75) is 12.8 Å². The highest BCUT2D eigenvalue weighted by Crippen LogP contribution is 2.30. The fourth-order valence-electron chi connectivity index (χ4n) is 2.10. The Balaban J connectivity index is 1.72. The average molecular weight is 296 g/mol. The molecule has 112 valence electrons. The molecule has 0 bridgehead atoms. The molecule has 0 aromatic heterocycles. The topological polar surface area (TPSA) is 78.4 Å². The van der Waals surface area contributed by atoms with Crippen LogP contribution in [0.4, 0.5) is 11.4 Å². The summed E-state index contributed by atoms with van der Waals surface area (Å²) in [5.41, 5.74) is 1.36. The molecular weight excluding hydrogens is 280 g/mol. The summed E-state index contributed by atoms with van der Waals surface area (Å²) in [5.74, 6) is -0.227. The molecule has 2 amide bonds. The first-order chi connectivity index (χ1) is 10.6. The molecule has 0 aliphatic heterocycles. The summed E-state index contributed by atoms with van der Waals surface area (Å²) in [4.78, 5) is 24.0. The molecule has 1 aliphatic rings. The molecule has 0 spiro atoms. The summed E-state index contributed by atoms with van der Waals surface area (Å²) in [6.07, 6.45) is 1.86. The zero-order chi connectivity index (χ0) is 15.5. The number of nitrogens with one attached hydrogen (secondary N) is 2. The van der Waals surface area contributed by atoms with E-state index in [9.17, 15) is 14.7 Å². The van der Waals surface area contributed by atoms with Crippen LogP contribution < -0.4 is 10.6 Å². The Labute approximate surface area is 128 Å². The van der Waals surface area contributed by atoms with E-state index in [4.69, 9.17) is 0 Å². The van der Waals surface area contributed by atoms with Gasteiger partial charge < -0.3 is 15.7 Å². The molecule has 1 fully saturated rings. The van der Waals surface area contributed by atoms with E-state index >= 15 is 0 Å². The second-order valence-electron chi connectivity index (χ2n) is 5.32. The van der Waals surface area contributed by atoms with Crippen LogP contribution in [0.25, 0.3) is 0 Å². The lowest BCUT2D eigenvalue weighted by Crippen LogP contribution is -2.15. The van der Waals surface area contributed by atoms with Crippen molar-refractivity contribution in [2.24, 2.45) is 5.92 Å². The van der Waals surface area contributed by atoms with Crippen molar-refractivity contribution in [1.82, 2.24) is 0 Å². The Morgan fingerprint density at radius 3 is 2.50 bits per heavy atom. The molecule has 0 atom stereocenters. The maximum absolute atomic E-state index is 12.2. The quantitative estimate of drug-likeness (QED) is 0.759. The van der Waals surface area contributed by atoms with E-state index < -0.39 is 0 Å². The molecule has 5 nitrogen and oxygen atoms in total. The molecule has 3 rings (SSSR count). The number of para-hydroxylation sites is 2. The van der Waals surface area contributed by atoms with Crippen molar-refractivity contribution in [2.75, 3.05) is 10.6 Å². The molecule has 22 heavy (non-hydrogen) atoms. The number of benzene rings is 2. The SMILES string of the molecule is O=C(Nc1ccccc1O)c1cccc(NC(=O)C2CC2)c1. The molecule has 0 heterocycles. The van der Waals surface area contributed by atoms with Gasteiger partial charge in [0, 0.05) is 17.2 Å². The summed E-state index contributed by atoms with van der Waals surface area (Å²) in [6, 6.07) is 13.3. The fourth-order valence-corrected chi connectivity index (χ4v) is 2.10. The van der Waals surface area contributed by atoms with Gasteiger partial charge in [0.1, 0.15) is 5.75 Å². The van der Waals surface area contributed by atoms with Gasteiger partial charge in [0.25, 0.3) is 5.91 Å². The smallest absolute Gasteiger partial charge is 0.255 e. The van der Waals surface area contributed by atoms with Crippen LogP contribution in [0.5, 0.6) is 5.75 Å². The molecule has 0 unspecified atom stereocenters. The van der Waals surface area contributed by atoms with Crippen LogP contribution in [0.1, 0.15) is 23.2 Å². The molecule has 2 aromatic rings. The number of aromatic hydroxyl groups is 1. The van der Waals surface area contributed by atoms with Crippen LogP contribution in [0.3, 0.4) is 0 Å². The molecule has 3 N–H and O–H groups in total. The van der Waals surface area contributed by atoms with Crippen LogP contribution in [0, 0.1) is 5.92 Å². The maximum Gasteiger partial charge on any atom is 0.255 e. The number of carbonyl (C=O) groups excluding carboxylic acids is 2. The van der Waals surface area contributed by atoms with Crippen molar-refractivity contribution < 1.29 is 14.7 Å². The van der Waals surface area contributed by atoms with Crippen LogP contribution >= 0.6 is 0 Å². The number of phenols is 1. The summed E-state index contributed by atoms with van der Waals surface area (Å²) in [6.45, 7) is 0. The summed E-state index contributed by atoms with van der Waals surface area (Å²) >= 11 is 0. The number of phenolic OH excluding ortho intramolecular Hbond substituents is 1. The van der Waals surface area contributed by atoms with Gasteiger partial charge in [-0.2, -0.15) is 0 Å². The van der Waals surface area contributed by atoms with Crippen LogP contribution in [0.2, 0.25) is 0 Å². The van der Waals surface area contributed by atoms with E-state index in [0.717, 1.165) is 12.8 Å². The summed E-state index contributed by atoms with van der Waals surface area (Å²) in [7, 11) is 0. The lowest BCUT2D eigenvalue weighted by molar-refractivity contribution is -0.117. The van der Waals surface area contributed by atoms with Crippen LogP contribution in [0.15, 0.2) is 48.5 Å². The minimum absolute atomic E-state index is 0.00161. The first-order valence-corrected chi connectivity index (χ1v) is 7.14. The third-order valence-corrected chi connectivity index (χ3v) is 3.49. The van der Waals surface area contributed by atoms with E-state index in [1.807, 2.05) is 0 Å². The molecular formula is C17H16N2O3. The number of hydrogen-bond donors (Lipinski definition) is 3. The second-order valence-corrected chi connectivity index (χ2v) is 5.32. The van der Waals surface area contributed by atoms with Gasteiger partial charge in [-0.05, 0) is 43.2 Å². The maximum atomic E-state index is 12.2. The number of hydrogen-bond acceptors (Lipinski definition) is 3. The van der Waals surface area contributed by atoms with Gasteiger partial charge in [-0.3, -0.25) is 9.59 Å². The molecule has 0 saturated heterocycles. The third kappa shape index (κ3) is 3.25. The Hall–Kier alpha value is -2.82. The lowest BCUT2D eigenvalue weighted by Gasteiger charge is -2.09. The third-order valence-electron chi connectivity index (χ3n) is 3.49. The predicted octanol–water partition coefficient (Wildman–Crippen LogP) is 2.99. The Morgan fingerprint density at radius 2 is 1.77 bits per heavy atom. The first kappa shape index (κ1) is 14.1. The zero-order valence-corrected chi connectivity index (χ0v) is 11.9. The molecule has 2 aromatic carbocycles. The summed E-state index contributed by atoms with van der Waals surface area (Å²) in [5, 5.41) is 15.1. The standard InChI is InChI=1S/C17H16N2O3/c20-15-7-2-1-6-14(15)19-17(22)12-4-3-5-13(10-12)18-16(21)11-8-9-11/h1-7,10-11,20H,8-9H2,(H,18,21)(H,19,22). The van der Waals surface area contributed by atoms with E-state index in [-0.39, 0.29) is 23.5 Å². The van der Waals surface area contributed by atoms with E-state index in [0.29, 0.717) is 16.9 Å². The monoisotopic (exact) mass is 296 g/mol. The highest BCUT2D eigenvalue weighted by atomic mass is 16.3. The number of carbonyl (C=O) groups is 2. The molecule has 5 heteroatoms. The van der Waals surface area contributed by atoms with E-state index in [1.54, 1.807) is 42.5 Å². The van der Waals surface area contributed by atoms with Gasteiger partial charge in [0.2, 0.25) is 5.91 Å². The van der Waals surface area contributed by atoms with Crippen molar-refractivity contribution in [3.8, 4) is 5.75 Å². The van der Waals surface area contributed by atoms with Gasteiger partial charge in [-0.1, -0.05) is 18.2 Å². The van der Waals surface area contributed by atoms with Crippen molar-refractivity contribution in [3.63, 3.8) is 0 Å². The summed E-state index contributed by atoms with van der Waals surface area (Å²) < 4.78 is 0. The number of amides is 2. The minimum Gasteiger partial charge on any atom is -0.506 e. The Morgan fingerprint density at radius 1 is 1.00 bits per heavy atom. The van der Waals surface area contributed by atoms with Gasteiger partial charge in [0.15, 0.2) is 0 Å². The molecule has 1 aliphatic carbocycles. The highest BCUT2D eigenvalue weighted by Gasteiger charge is 2.29. The normalized spacial score (nSPS) is 13.5. The lowest BCUT2D eigenvalue weighted by atomic mass is 10.1. The first-order valence-electron chi connectivity index (χ1n) is 7.14. The largest absolute Gasteiger partial charge is 0.506 e. The Bertz CT molecular complexity index is 723. The number of anilines is 2. The van der Waals surface area contributed by atoms with Crippen LogP contribution in [-0.4, -0.2) is 16.9 Å². The Kier molecular flexibility index (Phi) is 3.78. The average Bonchev–Trinajstić information content (AvgIpc) is 3.34. The fraction of sp³-hybridized carbons (Fsp3) is 0.176. The zero-order valence-electron chi connectivity index (χ0n) is 11.9. The van der Waals surface area contributed by atoms with Gasteiger partial charge in [0.05, 0.1) is 5.69 Å². The van der Waals surface area contributed by atoms with E-state index in [2.05, 4.69) is 10.6 Å². The second kappa shape index (κ2) is 5.89. The number of rotatable bonds is 4. The van der Waals surface area contributed by atoms with Crippen molar-refractivity contribution in [1.29, 1.82) is 0 Å².